The van der Waals surface area contributed by atoms with E-state index in [-0.39, 0.29) is 16.2 Å². The average molecular weight is 516 g/mol. The van der Waals surface area contributed by atoms with Crippen LogP contribution in [0.25, 0.3) is 0 Å². The van der Waals surface area contributed by atoms with Gasteiger partial charge >= 0.3 is 12.1 Å². The summed E-state index contributed by atoms with van der Waals surface area (Å²) in [6.07, 6.45) is -0.507. The third-order valence-corrected chi connectivity index (χ3v) is 7.73. The Kier molecular flexibility index (Phi) is 7.70. The summed E-state index contributed by atoms with van der Waals surface area (Å²) in [5, 5.41) is 7.12. The van der Waals surface area contributed by atoms with E-state index in [0.717, 1.165) is 0 Å². The normalized spacial score (nSPS) is 19.3. The monoisotopic (exact) mass is 515 g/mol. The van der Waals surface area contributed by atoms with Crippen LogP contribution in [-0.4, -0.2) is 79.1 Å². The molecule has 3 heterocycles. The highest BCUT2D eigenvalue weighted by molar-refractivity contribution is 7.89. The van der Waals surface area contributed by atoms with Crippen LogP contribution in [0.2, 0.25) is 0 Å². The summed E-state index contributed by atoms with van der Waals surface area (Å²) in [5.41, 5.74) is 0.252. The molecular formula is C22H24F3N3O6S. The van der Waals surface area contributed by atoms with Crippen LogP contribution in [0.1, 0.15) is 23.2 Å². The van der Waals surface area contributed by atoms with E-state index in [9.17, 15) is 26.4 Å². The molecule has 9 nitrogen and oxygen atoms in total. The van der Waals surface area contributed by atoms with Gasteiger partial charge in [0, 0.05) is 44.5 Å². The molecule has 1 spiro atoms. The molecular weight excluding hydrogens is 491 g/mol. The van der Waals surface area contributed by atoms with E-state index >= 15 is 0 Å². The second kappa shape index (κ2) is 10.2. The van der Waals surface area contributed by atoms with E-state index in [1.54, 1.807) is 55.8 Å². The fourth-order valence-electron chi connectivity index (χ4n) is 3.94. The van der Waals surface area contributed by atoms with E-state index in [1.807, 2.05) is 4.90 Å². The number of nitrogens with zero attached hydrogens (tertiary/aromatic N) is 3. The van der Waals surface area contributed by atoms with Gasteiger partial charge in [0.2, 0.25) is 10.0 Å². The lowest BCUT2D eigenvalue weighted by molar-refractivity contribution is -0.192. The van der Waals surface area contributed by atoms with Crippen LogP contribution in [0, 0.1) is 5.41 Å². The molecule has 1 aromatic carbocycles. The van der Waals surface area contributed by atoms with Crippen molar-refractivity contribution < 1.29 is 41.0 Å². The fourth-order valence-corrected chi connectivity index (χ4v) is 5.35. The highest BCUT2D eigenvalue weighted by Gasteiger charge is 2.42. The van der Waals surface area contributed by atoms with Crippen molar-refractivity contribution in [1.29, 1.82) is 0 Å². The zero-order chi connectivity index (χ0) is 25.9. The number of pyridine rings is 1. The molecule has 1 aromatic heterocycles. The molecule has 0 aliphatic carbocycles. The molecule has 35 heavy (non-hydrogen) atoms. The van der Waals surface area contributed by atoms with Crippen molar-refractivity contribution >= 4 is 21.9 Å². The minimum atomic E-state index is -5.08. The first-order valence-corrected chi connectivity index (χ1v) is 12.0. The molecule has 0 saturated carbocycles. The van der Waals surface area contributed by atoms with Gasteiger partial charge in [0.25, 0.3) is 5.91 Å². The van der Waals surface area contributed by atoms with Gasteiger partial charge in [0.15, 0.2) is 0 Å². The standard InChI is InChI=1S/C20H23N3O4S.C2HF3O2/c1-22-14-20(15-27-17-6-2-3-7-18(17)28(22,25)26)8-11-23(12-9-20)19(24)16-5-4-10-21-13-16;3-2(4,5)1(6)7/h2-7,10,13H,8-9,11-12,14-15H2,1H3;(H,6,7). The molecule has 0 unspecified atom stereocenters. The summed E-state index contributed by atoms with van der Waals surface area (Å²) in [6.45, 7) is 1.93. The number of alkyl halides is 3. The maximum Gasteiger partial charge on any atom is 0.490 e. The number of fused-ring (bicyclic) bond motifs is 1. The molecule has 0 atom stereocenters. The van der Waals surface area contributed by atoms with Crippen molar-refractivity contribution in [2.75, 3.05) is 33.3 Å². The van der Waals surface area contributed by atoms with Crippen LogP contribution < -0.4 is 4.74 Å². The van der Waals surface area contributed by atoms with Crippen molar-refractivity contribution in [3.63, 3.8) is 0 Å². The molecule has 4 rings (SSSR count). The second-order valence-corrected chi connectivity index (χ2v) is 10.3. The number of amides is 1. The van der Waals surface area contributed by atoms with Crippen LogP contribution >= 0.6 is 0 Å². The highest BCUT2D eigenvalue weighted by Crippen LogP contribution is 2.38. The van der Waals surface area contributed by atoms with Gasteiger partial charge in [-0.2, -0.15) is 13.2 Å². The maximum absolute atomic E-state index is 12.9. The summed E-state index contributed by atoms with van der Waals surface area (Å²) in [4.78, 5) is 27.6. The van der Waals surface area contributed by atoms with Gasteiger partial charge in [-0.25, -0.2) is 17.5 Å². The van der Waals surface area contributed by atoms with Crippen LogP contribution in [0.3, 0.4) is 0 Å². The van der Waals surface area contributed by atoms with Gasteiger partial charge in [-0.15, -0.1) is 0 Å². The number of hydrogen-bond donors (Lipinski definition) is 1. The Morgan fingerprint density at radius 1 is 1.11 bits per heavy atom. The molecule has 0 radical (unpaired) electrons. The molecule has 13 heteroatoms. The number of hydrogen-bond acceptors (Lipinski definition) is 6. The summed E-state index contributed by atoms with van der Waals surface area (Å²) in [6, 6.07) is 10.3. The van der Waals surface area contributed by atoms with Crippen molar-refractivity contribution in [1.82, 2.24) is 14.2 Å². The molecule has 2 aliphatic rings. The summed E-state index contributed by atoms with van der Waals surface area (Å²) >= 11 is 0. The number of rotatable bonds is 1. The Bertz CT molecular complexity index is 1170. The third-order valence-electron chi connectivity index (χ3n) is 5.89. The molecule has 2 aromatic rings. The van der Waals surface area contributed by atoms with Crippen molar-refractivity contribution in [2.24, 2.45) is 5.41 Å². The number of ether oxygens (including phenoxy) is 1. The quantitative estimate of drug-likeness (QED) is 0.621. The smallest absolute Gasteiger partial charge is 0.490 e. The van der Waals surface area contributed by atoms with Crippen molar-refractivity contribution in [3.8, 4) is 5.75 Å². The topological polar surface area (TPSA) is 117 Å². The minimum absolute atomic E-state index is 0.0407. The number of para-hydroxylation sites is 1. The largest absolute Gasteiger partial charge is 0.492 e. The summed E-state index contributed by atoms with van der Waals surface area (Å²) in [7, 11) is -1.99. The zero-order valence-electron chi connectivity index (χ0n) is 18.7. The lowest BCUT2D eigenvalue weighted by Gasteiger charge is -2.44. The van der Waals surface area contributed by atoms with E-state index in [0.29, 0.717) is 50.4 Å². The summed E-state index contributed by atoms with van der Waals surface area (Å²) in [5.74, 6) is -2.41. The SMILES string of the molecule is CN1CC2(CCN(C(=O)c3cccnc3)CC2)COc2ccccc2S1(=O)=O.O=C(O)C(F)(F)F. The number of halogens is 3. The van der Waals surface area contributed by atoms with Crippen LogP contribution in [0.5, 0.6) is 5.75 Å². The van der Waals surface area contributed by atoms with E-state index in [2.05, 4.69) is 4.98 Å². The zero-order valence-corrected chi connectivity index (χ0v) is 19.6. The van der Waals surface area contributed by atoms with E-state index in [4.69, 9.17) is 14.6 Å². The number of carboxylic acids is 1. The number of aromatic nitrogens is 1. The molecule has 190 valence electrons. The second-order valence-electron chi connectivity index (χ2n) is 8.33. The number of carbonyl (C=O) groups excluding carboxylic acids is 1. The number of sulfonamides is 1. The van der Waals surface area contributed by atoms with Gasteiger partial charge in [0.1, 0.15) is 10.6 Å². The first kappa shape index (κ1) is 26.4. The van der Waals surface area contributed by atoms with Crippen LogP contribution in [-0.2, 0) is 14.8 Å². The summed E-state index contributed by atoms with van der Waals surface area (Å²) < 4.78 is 65.0. The molecule has 2 aliphatic heterocycles. The van der Waals surface area contributed by atoms with Crippen LogP contribution in [0.4, 0.5) is 13.2 Å². The Morgan fingerprint density at radius 2 is 1.74 bits per heavy atom. The predicted octanol–water partition coefficient (Wildman–Crippen LogP) is 2.65. The predicted molar refractivity (Wildman–Crippen MR) is 117 cm³/mol. The Morgan fingerprint density at radius 3 is 2.31 bits per heavy atom. The average Bonchev–Trinajstić information content (AvgIpc) is 2.83. The van der Waals surface area contributed by atoms with Gasteiger partial charge in [-0.3, -0.25) is 9.78 Å². The maximum atomic E-state index is 12.9. The molecule has 1 N–H and O–H groups in total. The minimum Gasteiger partial charge on any atom is -0.492 e. The Balaban J connectivity index is 0.000000429. The lowest BCUT2D eigenvalue weighted by atomic mass is 9.78. The van der Waals surface area contributed by atoms with Gasteiger partial charge in [-0.05, 0) is 37.1 Å². The Hall–Kier alpha value is -3.19. The first-order chi connectivity index (χ1) is 16.4. The Labute approximate surface area is 200 Å². The number of carbonyl (C=O) groups is 2. The van der Waals surface area contributed by atoms with Crippen molar-refractivity contribution in [3.05, 3.63) is 54.4 Å². The fraction of sp³-hybridized carbons (Fsp3) is 0.409. The number of piperidine rings is 1. The molecule has 0 bridgehead atoms. The third kappa shape index (κ3) is 6.09. The number of likely N-dealkylation sites (tertiary alicyclic amines) is 1. The first-order valence-electron chi connectivity index (χ1n) is 10.5. The van der Waals surface area contributed by atoms with Gasteiger partial charge in [-0.1, -0.05) is 12.1 Å². The molecule has 1 fully saturated rings. The molecule has 1 saturated heterocycles. The number of benzene rings is 1. The number of aliphatic carboxylic acids is 1. The number of carboxylic acid groups (broad SMARTS) is 1. The van der Waals surface area contributed by atoms with Crippen LogP contribution in [0.15, 0.2) is 53.7 Å². The highest BCUT2D eigenvalue weighted by atomic mass is 32.2. The van der Waals surface area contributed by atoms with Gasteiger partial charge < -0.3 is 14.7 Å². The lowest BCUT2D eigenvalue weighted by Crippen LogP contribution is -2.51. The van der Waals surface area contributed by atoms with E-state index in [1.165, 1.54) is 4.31 Å². The van der Waals surface area contributed by atoms with Crippen molar-refractivity contribution in [2.45, 2.75) is 23.9 Å². The van der Waals surface area contributed by atoms with E-state index < -0.39 is 22.2 Å². The molecule has 1 amide bonds. The van der Waals surface area contributed by atoms with Gasteiger partial charge in [0.05, 0.1) is 12.2 Å².